The summed E-state index contributed by atoms with van der Waals surface area (Å²) in [5.41, 5.74) is 5.71. The summed E-state index contributed by atoms with van der Waals surface area (Å²) >= 11 is 0. The van der Waals surface area contributed by atoms with Gasteiger partial charge in [-0.25, -0.2) is 0 Å². The maximum Gasteiger partial charge on any atom is 0.243 e. The number of nitrogens with one attached hydrogen (secondary N) is 1. The summed E-state index contributed by atoms with van der Waals surface area (Å²) < 4.78 is 0. The number of amides is 1. The summed E-state index contributed by atoms with van der Waals surface area (Å²) in [6.07, 6.45) is 9.61. The smallest absolute Gasteiger partial charge is 0.243 e. The molecule has 0 aliphatic heterocycles. The highest BCUT2D eigenvalue weighted by Crippen LogP contribution is 2.26. The summed E-state index contributed by atoms with van der Waals surface area (Å²) in [6.45, 7) is 2.39. The molecule has 3 N–H and O–H groups in total. The Morgan fingerprint density at radius 2 is 2.13 bits per heavy atom. The highest BCUT2D eigenvalue weighted by molar-refractivity contribution is 5.87. The van der Waals surface area contributed by atoms with Gasteiger partial charge in [-0.3, -0.25) is 4.79 Å². The molecule has 0 radical (unpaired) electrons. The van der Waals surface area contributed by atoms with E-state index in [0.29, 0.717) is 12.5 Å². The van der Waals surface area contributed by atoms with Crippen molar-refractivity contribution in [2.24, 2.45) is 11.7 Å². The van der Waals surface area contributed by atoms with Crippen molar-refractivity contribution in [3.63, 3.8) is 0 Å². The molecule has 0 aromatic carbocycles. The standard InChI is InChI=1S/C12H22N2O/c1-2-6-12(15)14-11(9-13)10-7-4-3-5-8-10/h2,6,10-11H,3-5,7-9,13H2,1H3,(H,14,15)/b6-2+. The molecule has 0 aromatic rings. The highest BCUT2D eigenvalue weighted by Gasteiger charge is 2.23. The van der Waals surface area contributed by atoms with Crippen molar-refractivity contribution in [1.29, 1.82) is 0 Å². The maximum absolute atomic E-state index is 11.4. The molecule has 1 unspecified atom stereocenters. The van der Waals surface area contributed by atoms with Crippen LogP contribution in [0, 0.1) is 5.92 Å². The number of hydrogen-bond donors (Lipinski definition) is 2. The Balaban J connectivity index is 2.43. The van der Waals surface area contributed by atoms with Crippen LogP contribution in [0.3, 0.4) is 0 Å². The minimum absolute atomic E-state index is 0.0153. The number of allylic oxidation sites excluding steroid dienone is 1. The Morgan fingerprint density at radius 1 is 1.47 bits per heavy atom. The summed E-state index contributed by atoms with van der Waals surface area (Å²) in [5, 5.41) is 2.99. The minimum atomic E-state index is -0.0153. The van der Waals surface area contributed by atoms with Crippen LogP contribution in [0.1, 0.15) is 39.0 Å². The van der Waals surface area contributed by atoms with E-state index in [4.69, 9.17) is 5.73 Å². The molecule has 1 aliphatic carbocycles. The van der Waals surface area contributed by atoms with Crippen molar-refractivity contribution in [2.75, 3.05) is 6.54 Å². The molecule has 1 atom stereocenters. The van der Waals surface area contributed by atoms with Crippen LogP contribution in [0.4, 0.5) is 0 Å². The van der Waals surface area contributed by atoms with E-state index >= 15 is 0 Å². The van der Waals surface area contributed by atoms with Gasteiger partial charge < -0.3 is 11.1 Å². The third kappa shape index (κ3) is 4.04. The van der Waals surface area contributed by atoms with E-state index in [1.54, 1.807) is 12.2 Å². The molecule has 15 heavy (non-hydrogen) atoms. The molecule has 3 heteroatoms. The molecular weight excluding hydrogens is 188 g/mol. The van der Waals surface area contributed by atoms with Crippen LogP contribution in [-0.4, -0.2) is 18.5 Å². The van der Waals surface area contributed by atoms with E-state index in [1.165, 1.54) is 32.1 Å². The number of rotatable bonds is 4. The fourth-order valence-electron chi connectivity index (χ4n) is 2.29. The first-order valence-electron chi connectivity index (χ1n) is 5.91. The van der Waals surface area contributed by atoms with Gasteiger partial charge in [0.15, 0.2) is 0 Å². The lowest BCUT2D eigenvalue weighted by Crippen LogP contribution is -2.45. The fraction of sp³-hybridized carbons (Fsp3) is 0.750. The Hall–Kier alpha value is -0.830. The SMILES string of the molecule is C/C=C/C(=O)NC(CN)C1CCCCC1. The number of carbonyl (C=O) groups is 1. The van der Waals surface area contributed by atoms with E-state index in [9.17, 15) is 4.79 Å². The van der Waals surface area contributed by atoms with Crippen molar-refractivity contribution in [3.8, 4) is 0 Å². The highest BCUT2D eigenvalue weighted by atomic mass is 16.1. The number of nitrogens with two attached hydrogens (primary N) is 1. The predicted molar refractivity (Wildman–Crippen MR) is 62.4 cm³/mol. The second-order valence-corrected chi connectivity index (χ2v) is 4.25. The normalized spacial score (nSPS) is 20.4. The van der Waals surface area contributed by atoms with Gasteiger partial charge in [0.05, 0.1) is 0 Å². The van der Waals surface area contributed by atoms with Gasteiger partial charge in [0.25, 0.3) is 0 Å². The minimum Gasteiger partial charge on any atom is -0.348 e. The third-order valence-electron chi connectivity index (χ3n) is 3.12. The Bertz CT molecular complexity index is 220. The first kappa shape index (κ1) is 12.2. The van der Waals surface area contributed by atoms with Gasteiger partial charge >= 0.3 is 0 Å². The molecule has 0 heterocycles. The van der Waals surface area contributed by atoms with Crippen molar-refractivity contribution in [1.82, 2.24) is 5.32 Å². The Kier molecular flexibility index (Phi) is 5.40. The summed E-state index contributed by atoms with van der Waals surface area (Å²) in [4.78, 5) is 11.4. The van der Waals surface area contributed by atoms with Crippen molar-refractivity contribution in [3.05, 3.63) is 12.2 Å². The third-order valence-corrected chi connectivity index (χ3v) is 3.12. The first-order chi connectivity index (χ1) is 7.27. The quantitative estimate of drug-likeness (QED) is 0.692. The lowest BCUT2D eigenvalue weighted by Gasteiger charge is -2.29. The van der Waals surface area contributed by atoms with Gasteiger partial charge in [-0.1, -0.05) is 25.3 Å². The van der Waals surface area contributed by atoms with Crippen LogP contribution in [0.2, 0.25) is 0 Å². The lowest BCUT2D eigenvalue weighted by atomic mass is 9.84. The van der Waals surface area contributed by atoms with Crippen LogP contribution in [0.5, 0.6) is 0 Å². The molecule has 1 aliphatic rings. The molecule has 3 nitrogen and oxygen atoms in total. The van der Waals surface area contributed by atoms with Gasteiger partial charge in [0.1, 0.15) is 0 Å². The monoisotopic (exact) mass is 210 g/mol. The van der Waals surface area contributed by atoms with Crippen LogP contribution >= 0.6 is 0 Å². The molecule has 1 saturated carbocycles. The van der Waals surface area contributed by atoms with E-state index in [1.807, 2.05) is 6.92 Å². The van der Waals surface area contributed by atoms with Crippen LogP contribution in [-0.2, 0) is 4.79 Å². The number of carbonyl (C=O) groups excluding carboxylic acids is 1. The summed E-state index contributed by atoms with van der Waals surface area (Å²) in [7, 11) is 0. The molecule has 1 fully saturated rings. The summed E-state index contributed by atoms with van der Waals surface area (Å²) in [5.74, 6) is 0.566. The molecule has 0 spiro atoms. The zero-order chi connectivity index (χ0) is 11.1. The van der Waals surface area contributed by atoms with Gasteiger partial charge in [0.2, 0.25) is 5.91 Å². The van der Waals surface area contributed by atoms with Gasteiger partial charge in [0, 0.05) is 12.6 Å². The maximum atomic E-state index is 11.4. The second kappa shape index (κ2) is 6.62. The molecule has 0 bridgehead atoms. The Labute approximate surface area is 92.1 Å². The second-order valence-electron chi connectivity index (χ2n) is 4.25. The molecule has 1 amide bonds. The average molecular weight is 210 g/mol. The molecule has 86 valence electrons. The molecule has 1 rings (SSSR count). The lowest BCUT2D eigenvalue weighted by molar-refractivity contribution is -0.117. The molecule has 0 aromatic heterocycles. The molecule has 0 saturated heterocycles. The molecular formula is C12H22N2O. The topological polar surface area (TPSA) is 55.1 Å². The Morgan fingerprint density at radius 3 is 2.67 bits per heavy atom. The summed E-state index contributed by atoms with van der Waals surface area (Å²) in [6, 6.07) is 0.161. The zero-order valence-corrected chi connectivity index (χ0v) is 9.54. The fourth-order valence-corrected chi connectivity index (χ4v) is 2.29. The van der Waals surface area contributed by atoms with E-state index in [2.05, 4.69) is 5.32 Å². The van der Waals surface area contributed by atoms with E-state index in [0.717, 1.165) is 0 Å². The van der Waals surface area contributed by atoms with Gasteiger partial charge in [-0.05, 0) is 31.8 Å². The zero-order valence-electron chi connectivity index (χ0n) is 9.54. The van der Waals surface area contributed by atoms with Crippen LogP contribution < -0.4 is 11.1 Å². The predicted octanol–water partition coefficient (Wildman–Crippen LogP) is 1.59. The van der Waals surface area contributed by atoms with Crippen molar-refractivity contribution >= 4 is 5.91 Å². The van der Waals surface area contributed by atoms with Crippen molar-refractivity contribution < 1.29 is 4.79 Å². The van der Waals surface area contributed by atoms with E-state index in [-0.39, 0.29) is 11.9 Å². The van der Waals surface area contributed by atoms with Crippen LogP contribution in [0.15, 0.2) is 12.2 Å². The number of hydrogen-bond acceptors (Lipinski definition) is 2. The average Bonchev–Trinajstić information content (AvgIpc) is 2.27. The largest absolute Gasteiger partial charge is 0.348 e. The van der Waals surface area contributed by atoms with Gasteiger partial charge in [-0.2, -0.15) is 0 Å². The van der Waals surface area contributed by atoms with Crippen LogP contribution in [0.25, 0.3) is 0 Å². The first-order valence-corrected chi connectivity index (χ1v) is 5.91. The van der Waals surface area contributed by atoms with Crippen molar-refractivity contribution in [2.45, 2.75) is 45.1 Å². The van der Waals surface area contributed by atoms with Gasteiger partial charge in [-0.15, -0.1) is 0 Å². The van der Waals surface area contributed by atoms with E-state index < -0.39 is 0 Å².